The summed E-state index contributed by atoms with van der Waals surface area (Å²) in [4.78, 5) is 6.63. The molecule has 1 aliphatic rings. The van der Waals surface area contributed by atoms with E-state index in [9.17, 15) is 4.39 Å². The molecule has 1 saturated heterocycles. The third kappa shape index (κ3) is 3.06. The number of rotatable bonds is 4. The predicted octanol–water partition coefficient (Wildman–Crippen LogP) is 2.98. The standard InChI is InChI=1S/C13H21FN2O/c1-10(2)13-12(15-9-17-13)8-16-5-3-11(7-14)4-6-16/h9-11H,3-8H2,1-2H3. The van der Waals surface area contributed by atoms with Crippen LogP contribution >= 0.6 is 0 Å². The molecule has 1 aromatic heterocycles. The van der Waals surface area contributed by atoms with Crippen molar-refractivity contribution in [3.05, 3.63) is 17.8 Å². The molecule has 2 rings (SSSR count). The van der Waals surface area contributed by atoms with E-state index in [1.165, 1.54) is 6.39 Å². The normalized spacial score (nSPS) is 19.1. The second-order valence-electron chi connectivity index (χ2n) is 5.19. The first-order chi connectivity index (χ1) is 8.20. The highest BCUT2D eigenvalue weighted by Crippen LogP contribution is 2.23. The van der Waals surface area contributed by atoms with Crippen LogP contribution in [0, 0.1) is 5.92 Å². The molecule has 0 spiro atoms. The van der Waals surface area contributed by atoms with Crippen molar-refractivity contribution < 1.29 is 8.81 Å². The first-order valence-electron chi connectivity index (χ1n) is 6.41. The van der Waals surface area contributed by atoms with Crippen molar-refractivity contribution in [1.29, 1.82) is 0 Å². The van der Waals surface area contributed by atoms with Gasteiger partial charge >= 0.3 is 0 Å². The van der Waals surface area contributed by atoms with Crippen molar-refractivity contribution in [2.24, 2.45) is 5.92 Å². The fourth-order valence-electron chi connectivity index (χ4n) is 2.38. The van der Waals surface area contributed by atoms with Gasteiger partial charge in [0.1, 0.15) is 5.76 Å². The molecule has 0 aromatic carbocycles. The molecule has 0 unspecified atom stereocenters. The van der Waals surface area contributed by atoms with Crippen molar-refractivity contribution in [1.82, 2.24) is 9.88 Å². The topological polar surface area (TPSA) is 29.3 Å². The second-order valence-corrected chi connectivity index (χ2v) is 5.19. The zero-order chi connectivity index (χ0) is 12.3. The predicted molar refractivity (Wildman–Crippen MR) is 64.6 cm³/mol. The molecule has 3 nitrogen and oxygen atoms in total. The fraction of sp³-hybridized carbons (Fsp3) is 0.769. The minimum absolute atomic E-state index is 0.172. The Hall–Kier alpha value is -0.900. The molecule has 0 amide bonds. The Kier molecular flexibility index (Phi) is 4.15. The average Bonchev–Trinajstić information content (AvgIpc) is 2.78. The van der Waals surface area contributed by atoms with Crippen LogP contribution in [0.2, 0.25) is 0 Å². The van der Waals surface area contributed by atoms with Gasteiger partial charge in [-0.1, -0.05) is 13.8 Å². The number of piperidine rings is 1. The molecule has 0 radical (unpaired) electrons. The quantitative estimate of drug-likeness (QED) is 0.810. The Balaban J connectivity index is 1.91. The monoisotopic (exact) mass is 240 g/mol. The maximum absolute atomic E-state index is 12.5. The van der Waals surface area contributed by atoms with E-state index in [1.807, 2.05) is 0 Å². The number of nitrogens with zero attached hydrogens (tertiary/aromatic N) is 2. The maximum Gasteiger partial charge on any atom is 0.181 e. The SMILES string of the molecule is CC(C)c1ocnc1CN1CCC(CF)CC1. The van der Waals surface area contributed by atoms with Crippen molar-refractivity contribution in [3.63, 3.8) is 0 Å². The molecule has 2 heterocycles. The van der Waals surface area contributed by atoms with Crippen LogP contribution in [-0.4, -0.2) is 29.6 Å². The van der Waals surface area contributed by atoms with E-state index < -0.39 is 0 Å². The van der Waals surface area contributed by atoms with Crippen LogP contribution < -0.4 is 0 Å². The molecule has 1 aromatic rings. The summed E-state index contributed by atoms with van der Waals surface area (Å²) in [5.74, 6) is 1.63. The fourth-order valence-corrected chi connectivity index (χ4v) is 2.38. The van der Waals surface area contributed by atoms with Gasteiger partial charge in [0.15, 0.2) is 6.39 Å². The van der Waals surface area contributed by atoms with Crippen LogP contribution in [0.4, 0.5) is 4.39 Å². The van der Waals surface area contributed by atoms with Gasteiger partial charge in [0, 0.05) is 12.5 Å². The molecule has 1 aliphatic heterocycles. The summed E-state index contributed by atoms with van der Waals surface area (Å²) in [6.07, 6.45) is 3.45. The van der Waals surface area contributed by atoms with Crippen molar-refractivity contribution >= 4 is 0 Å². The number of hydrogen-bond donors (Lipinski definition) is 0. The number of alkyl halides is 1. The lowest BCUT2D eigenvalue weighted by Gasteiger charge is -2.30. The minimum Gasteiger partial charge on any atom is -0.448 e. The Morgan fingerprint density at radius 3 is 2.76 bits per heavy atom. The van der Waals surface area contributed by atoms with E-state index in [4.69, 9.17) is 4.42 Å². The highest BCUT2D eigenvalue weighted by molar-refractivity contribution is 5.11. The Morgan fingerprint density at radius 1 is 1.47 bits per heavy atom. The largest absolute Gasteiger partial charge is 0.448 e. The van der Waals surface area contributed by atoms with E-state index in [2.05, 4.69) is 23.7 Å². The van der Waals surface area contributed by atoms with E-state index >= 15 is 0 Å². The van der Waals surface area contributed by atoms with E-state index in [0.29, 0.717) is 5.92 Å². The zero-order valence-electron chi connectivity index (χ0n) is 10.7. The minimum atomic E-state index is -0.172. The van der Waals surface area contributed by atoms with Gasteiger partial charge < -0.3 is 4.42 Å². The van der Waals surface area contributed by atoms with E-state index in [0.717, 1.165) is 43.9 Å². The van der Waals surface area contributed by atoms with Crippen molar-refractivity contribution in [2.45, 2.75) is 39.2 Å². The third-order valence-electron chi connectivity index (χ3n) is 3.50. The van der Waals surface area contributed by atoms with Gasteiger partial charge in [-0.25, -0.2) is 4.98 Å². The van der Waals surface area contributed by atoms with Crippen LogP contribution in [0.15, 0.2) is 10.8 Å². The molecule has 0 bridgehead atoms. The molecule has 1 fully saturated rings. The van der Waals surface area contributed by atoms with Crippen LogP contribution in [-0.2, 0) is 6.54 Å². The molecular weight excluding hydrogens is 219 g/mol. The van der Waals surface area contributed by atoms with Crippen molar-refractivity contribution in [2.75, 3.05) is 19.8 Å². The Bertz CT molecular complexity index is 343. The van der Waals surface area contributed by atoms with E-state index in [1.54, 1.807) is 0 Å². The van der Waals surface area contributed by atoms with Gasteiger partial charge in [0.25, 0.3) is 0 Å². The smallest absolute Gasteiger partial charge is 0.181 e. The first-order valence-corrected chi connectivity index (χ1v) is 6.41. The third-order valence-corrected chi connectivity index (χ3v) is 3.50. The van der Waals surface area contributed by atoms with Crippen LogP contribution in [0.5, 0.6) is 0 Å². The van der Waals surface area contributed by atoms with Gasteiger partial charge in [-0.05, 0) is 31.8 Å². The van der Waals surface area contributed by atoms with Gasteiger partial charge in [-0.2, -0.15) is 0 Å². The summed E-state index contributed by atoms with van der Waals surface area (Å²) < 4.78 is 17.9. The molecule has 0 N–H and O–H groups in total. The molecular formula is C13H21FN2O. The molecule has 4 heteroatoms. The summed E-state index contributed by atoms with van der Waals surface area (Å²) in [6, 6.07) is 0. The highest BCUT2D eigenvalue weighted by atomic mass is 19.1. The number of halogens is 1. The van der Waals surface area contributed by atoms with Crippen LogP contribution in [0.25, 0.3) is 0 Å². The lowest BCUT2D eigenvalue weighted by molar-refractivity contribution is 0.157. The zero-order valence-corrected chi connectivity index (χ0v) is 10.7. The van der Waals surface area contributed by atoms with Crippen molar-refractivity contribution in [3.8, 4) is 0 Å². The van der Waals surface area contributed by atoms with Crippen LogP contribution in [0.3, 0.4) is 0 Å². The summed E-state index contributed by atoms with van der Waals surface area (Å²) in [5, 5.41) is 0. The maximum atomic E-state index is 12.5. The first kappa shape index (κ1) is 12.6. The van der Waals surface area contributed by atoms with E-state index in [-0.39, 0.29) is 12.6 Å². The summed E-state index contributed by atoms with van der Waals surface area (Å²) in [5.41, 5.74) is 1.04. The molecule has 17 heavy (non-hydrogen) atoms. The van der Waals surface area contributed by atoms with Gasteiger partial charge in [-0.3, -0.25) is 9.29 Å². The lowest BCUT2D eigenvalue weighted by Crippen LogP contribution is -2.34. The molecule has 0 atom stereocenters. The lowest BCUT2D eigenvalue weighted by atomic mass is 9.98. The Labute approximate surface area is 102 Å². The molecule has 96 valence electrons. The van der Waals surface area contributed by atoms with Gasteiger partial charge in [0.2, 0.25) is 0 Å². The highest BCUT2D eigenvalue weighted by Gasteiger charge is 2.21. The Morgan fingerprint density at radius 2 is 2.18 bits per heavy atom. The average molecular weight is 240 g/mol. The summed E-state index contributed by atoms with van der Waals surface area (Å²) in [6.45, 7) is 6.83. The number of aromatic nitrogens is 1. The molecule has 0 saturated carbocycles. The molecule has 0 aliphatic carbocycles. The number of hydrogen-bond acceptors (Lipinski definition) is 3. The van der Waals surface area contributed by atoms with Gasteiger partial charge in [-0.15, -0.1) is 0 Å². The number of likely N-dealkylation sites (tertiary alicyclic amines) is 1. The van der Waals surface area contributed by atoms with Gasteiger partial charge in [0.05, 0.1) is 12.4 Å². The summed E-state index contributed by atoms with van der Waals surface area (Å²) >= 11 is 0. The summed E-state index contributed by atoms with van der Waals surface area (Å²) in [7, 11) is 0. The van der Waals surface area contributed by atoms with Crippen LogP contribution in [0.1, 0.15) is 44.1 Å². The number of oxazole rings is 1. The second kappa shape index (κ2) is 5.63.